The third kappa shape index (κ3) is 4.79. The van der Waals surface area contributed by atoms with Crippen LogP contribution in [0.15, 0.2) is 53.8 Å². The van der Waals surface area contributed by atoms with E-state index in [-0.39, 0.29) is 5.54 Å². The lowest BCUT2D eigenvalue weighted by atomic mass is 10.1. The van der Waals surface area contributed by atoms with Crippen molar-refractivity contribution >= 4 is 11.8 Å². The molecule has 0 bridgehead atoms. The minimum Gasteiger partial charge on any atom is -0.487 e. The monoisotopic (exact) mass is 355 g/mol. The average molecular weight is 355 g/mol. The summed E-state index contributed by atoms with van der Waals surface area (Å²) in [5, 5.41) is 12.8. The molecular weight excluding hydrogens is 334 g/mol. The Morgan fingerprint density at radius 3 is 2.56 bits per heavy atom. The van der Waals surface area contributed by atoms with Crippen LogP contribution in [0.2, 0.25) is 0 Å². The number of thioether (sulfide) groups is 1. The van der Waals surface area contributed by atoms with E-state index >= 15 is 0 Å². The maximum atomic E-state index is 5.76. The van der Waals surface area contributed by atoms with Crippen LogP contribution in [-0.4, -0.2) is 25.2 Å². The molecule has 0 N–H and O–H groups in total. The highest BCUT2D eigenvalue weighted by Gasteiger charge is 2.19. The van der Waals surface area contributed by atoms with Gasteiger partial charge in [-0.25, -0.2) is 4.68 Å². The highest BCUT2D eigenvalue weighted by Crippen LogP contribution is 2.25. The van der Waals surface area contributed by atoms with Crippen LogP contribution in [-0.2, 0) is 17.9 Å². The van der Waals surface area contributed by atoms with Crippen LogP contribution < -0.4 is 4.74 Å². The third-order valence-electron chi connectivity index (χ3n) is 3.48. The first-order chi connectivity index (χ1) is 12.0. The molecule has 25 heavy (non-hydrogen) atoms. The molecule has 0 saturated heterocycles. The van der Waals surface area contributed by atoms with Gasteiger partial charge in [-0.15, -0.1) is 5.10 Å². The number of pyridine rings is 1. The Morgan fingerprint density at radius 2 is 1.88 bits per heavy atom. The van der Waals surface area contributed by atoms with Crippen molar-refractivity contribution in [1.29, 1.82) is 0 Å². The van der Waals surface area contributed by atoms with Crippen LogP contribution in [0.4, 0.5) is 0 Å². The minimum atomic E-state index is -0.130. The molecule has 6 nitrogen and oxygen atoms in total. The molecule has 3 rings (SSSR count). The summed E-state index contributed by atoms with van der Waals surface area (Å²) < 4.78 is 7.60. The number of tetrazole rings is 1. The van der Waals surface area contributed by atoms with Gasteiger partial charge in [0.25, 0.3) is 0 Å². The van der Waals surface area contributed by atoms with Crippen LogP contribution in [0.5, 0.6) is 5.75 Å². The molecule has 3 aromatic rings. The lowest BCUT2D eigenvalue weighted by Gasteiger charge is -2.19. The van der Waals surface area contributed by atoms with Gasteiger partial charge in [0, 0.05) is 11.9 Å². The van der Waals surface area contributed by atoms with Crippen molar-refractivity contribution in [2.45, 2.75) is 43.8 Å². The molecule has 0 radical (unpaired) electrons. The molecule has 0 fully saturated rings. The molecule has 0 aliphatic heterocycles. The molecule has 2 aromatic heterocycles. The second-order valence-electron chi connectivity index (χ2n) is 6.59. The average Bonchev–Trinajstić information content (AvgIpc) is 3.09. The molecule has 7 heteroatoms. The maximum absolute atomic E-state index is 5.76. The quantitative estimate of drug-likeness (QED) is 0.628. The van der Waals surface area contributed by atoms with Gasteiger partial charge in [0.05, 0.1) is 11.2 Å². The van der Waals surface area contributed by atoms with Gasteiger partial charge in [-0.2, -0.15) is 0 Å². The van der Waals surface area contributed by atoms with Gasteiger partial charge >= 0.3 is 0 Å². The first kappa shape index (κ1) is 17.4. The minimum absolute atomic E-state index is 0.130. The van der Waals surface area contributed by atoms with Crippen molar-refractivity contribution in [3.8, 4) is 5.75 Å². The maximum Gasteiger partial charge on any atom is 0.210 e. The number of benzene rings is 1. The SMILES string of the molecule is CC(C)(C)n1nnnc1SCc1ccc(OCc2ccccn2)cc1. The van der Waals surface area contributed by atoms with E-state index in [0.717, 1.165) is 22.4 Å². The predicted molar refractivity (Wildman–Crippen MR) is 97.4 cm³/mol. The van der Waals surface area contributed by atoms with Crippen molar-refractivity contribution in [2.75, 3.05) is 0 Å². The molecule has 0 atom stereocenters. The van der Waals surface area contributed by atoms with E-state index in [1.165, 1.54) is 5.56 Å². The molecule has 130 valence electrons. The number of hydrogen-bond donors (Lipinski definition) is 0. The third-order valence-corrected chi connectivity index (χ3v) is 4.47. The van der Waals surface area contributed by atoms with Crippen LogP contribution in [0.1, 0.15) is 32.0 Å². The lowest BCUT2D eigenvalue weighted by Crippen LogP contribution is -2.24. The summed E-state index contributed by atoms with van der Waals surface area (Å²) in [6.07, 6.45) is 1.77. The summed E-state index contributed by atoms with van der Waals surface area (Å²) >= 11 is 1.63. The molecule has 1 aromatic carbocycles. The highest BCUT2D eigenvalue weighted by atomic mass is 32.2. The van der Waals surface area contributed by atoms with Gasteiger partial charge in [-0.3, -0.25) is 4.98 Å². The fourth-order valence-electron chi connectivity index (χ4n) is 2.16. The fourth-order valence-corrected chi connectivity index (χ4v) is 3.18. The summed E-state index contributed by atoms with van der Waals surface area (Å²) in [6.45, 7) is 6.72. The molecule has 0 aliphatic carbocycles. The van der Waals surface area contributed by atoms with E-state index < -0.39 is 0 Å². The molecular formula is C18H21N5OS. The molecule has 0 spiro atoms. The van der Waals surface area contributed by atoms with Gasteiger partial charge in [-0.1, -0.05) is 30.0 Å². The summed E-state index contributed by atoms with van der Waals surface area (Å²) in [5.41, 5.74) is 1.98. The Bertz CT molecular complexity index is 796. The van der Waals surface area contributed by atoms with E-state index in [9.17, 15) is 0 Å². The standard InChI is InChI=1S/C18H21N5OS/c1-18(2,3)23-17(20-21-22-23)25-13-14-7-9-16(10-8-14)24-12-15-6-4-5-11-19-15/h4-11H,12-13H2,1-3H3. The van der Waals surface area contributed by atoms with Crippen molar-refractivity contribution in [2.24, 2.45) is 0 Å². The van der Waals surface area contributed by atoms with Gasteiger partial charge in [0.1, 0.15) is 12.4 Å². The summed E-state index contributed by atoms with van der Waals surface area (Å²) in [4.78, 5) is 4.25. The number of rotatable bonds is 6. The van der Waals surface area contributed by atoms with Crippen molar-refractivity contribution in [1.82, 2.24) is 25.2 Å². The van der Waals surface area contributed by atoms with Gasteiger partial charge < -0.3 is 4.74 Å². The van der Waals surface area contributed by atoms with Crippen molar-refractivity contribution in [3.63, 3.8) is 0 Å². The van der Waals surface area contributed by atoms with Gasteiger partial charge in [0.15, 0.2) is 0 Å². The summed E-state index contributed by atoms with van der Waals surface area (Å²) in [6, 6.07) is 13.9. The Hall–Kier alpha value is -2.41. The van der Waals surface area contributed by atoms with Gasteiger partial charge in [0.2, 0.25) is 5.16 Å². The topological polar surface area (TPSA) is 65.7 Å². The van der Waals surface area contributed by atoms with Crippen LogP contribution >= 0.6 is 11.8 Å². The number of hydrogen-bond acceptors (Lipinski definition) is 6. The van der Waals surface area contributed by atoms with Crippen LogP contribution in [0.3, 0.4) is 0 Å². The first-order valence-corrected chi connectivity index (χ1v) is 9.04. The molecule has 0 unspecified atom stereocenters. The van der Waals surface area contributed by atoms with E-state index in [2.05, 4.69) is 53.4 Å². The Balaban J connectivity index is 1.55. The number of nitrogens with zero attached hydrogens (tertiary/aromatic N) is 5. The second kappa shape index (κ2) is 7.65. The zero-order valence-electron chi connectivity index (χ0n) is 14.6. The predicted octanol–water partition coefficient (Wildman–Crippen LogP) is 3.69. The molecule has 0 aliphatic rings. The molecule has 2 heterocycles. The van der Waals surface area contributed by atoms with Crippen LogP contribution in [0, 0.1) is 0 Å². The second-order valence-corrected chi connectivity index (χ2v) is 7.53. The van der Waals surface area contributed by atoms with E-state index in [4.69, 9.17) is 4.74 Å². The normalized spacial score (nSPS) is 11.5. The summed E-state index contributed by atoms with van der Waals surface area (Å²) in [7, 11) is 0. The molecule has 0 saturated carbocycles. The largest absolute Gasteiger partial charge is 0.487 e. The zero-order chi connectivity index (χ0) is 17.7. The molecule has 0 amide bonds. The smallest absolute Gasteiger partial charge is 0.210 e. The Labute approximate surface area is 151 Å². The van der Waals surface area contributed by atoms with Crippen LogP contribution in [0.25, 0.3) is 0 Å². The lowest BCUT2D eigenvalue weighted by molar-refractivity contribution is 0.301. The number of aromatic nitrogens is 5. The summed E-state index contributed by atoms with van der Waals surface area (Å²) in [5.74, 6) is 1.63. The first-order valence-electron chi connectivity index (χ1n) is 8.06. The van der Waals surface area contributed by atoms with Crippen molar-refractivity contribution in [3.05, 3.63) is 59.9 Å². The van der Waals surface area contributed by atoms with E-state index in [1.54, 1.807) is 18.0 Å². The van der Waals surface area contributed by atoms with E-state index in [1.807, 2.05) is 35.0 Å². The zero-order valence-corrected chi connectivity index (χ0v) is 15.4. The Morgan fingerprint density at radius 1 is 1.08 bits per heavy atom. The van der Waals surface area contributed by atoms with E-state index in [0.29, 0.717) is 6.61 Å². The fraction of sp³-hybridized carbons (Fsp3) is 0.333. The number of ether oxygens (including phenoxy) is 1. The Kier molecular flexibility index (Phi) is 5.33. The highest BCUT2D eigenvalue weighted by molar-refractivity contribution is 7.98. The van der Waals surface area contributed by atoms with Crippen molar-refractivity contribution < 1.29 is 4.74 Å². The van der Waals surface area contributed by atoms with Gasteiger partial charge in [-0.05, 0) is 61.0 Å².